The molecule has 2 aromatic rings. The van der Waals surface area contributed by atoms with Gasteiger partial charge in [-0.05, 0) is 62.7 Å². The Morgan fingerprint density at radius 3 is 2.31 bits per heavy atom. The van der Waals surface area contributed by atoms with Crippen molar-refractivity contribution in [3.8, 4) is 0 Å². The Kier molecular flexibility index (Phi) is 7.45. The number of rotatable bonds is 8. The predicted octanol–water partition coefficient (Wildman–Crippen LogP) is 5.30. The normalized spacial score (nSPS) is 15.7. The van der Waals surface area contributed by atoms with E-state index in [1.807, 2.05) is 63.5 Å². The molecule has 0 radical (unpaired) electrons. The minimum Gasteiger partial charge on any atom is -0.385 e. The van der Waals surface area contributed by atoms with Crippen LogP contribution in [-0.4, -0.2) is 36.2 Å². The summed E-state index contributed by atoms with van der Waals surface area (Å²) in [4.78, 5) is 2.13. The minimum atomic E-state index is -0.861. The minimum absolute atomic E-state index is 0.116. The van der Waals surface area contributed by atoms with Crippen LogP contribution in [0.25, 0.3) is 6.08 Å². The highest BCUT2D eigenvalue weighted by Crippen LogP contribution is 2.33. The molecule has 0 aliphatic heterocycles. The summed E-state index contributed by atoms with van der Waals surface area (Å²) in [7, 11) is 4.10. The van der Waals surface area contributed by atoms with E-state index in [-0.39, 0.29) is 5.92 Å². The van der Waals surface area contributed by atoms with Gasteiger partial charge in [0.05, 0.1) is 5.60 Å². The van der Waals surface area contributed by atoms with E-state index >= 15 is 0 Å². The Hall–Kier alpha value is -1.61. The molecular weight excluding hydrogens is 342 g/mol. The van der Waals surface area contributed by atoms with Crippen LogP contribution in [0.15, 0.2) is 60.2 Å². The van der Waals surface area contributed by atoms with Gasteiger partial charge < -0.3 is 10.0 Å². The molecule has 26 heavy (non-hydrogen) atoms. The first-order chi connectivity index (χ1) is 12.3. The van der Waals surface area contributed by atoms with Crippen LogP contribution >= 0.6 is 11.6 Å². The summed E-state index contributed by atoms with van der Waals surface area (Å²) in [6.45, 7) is 4.99. The van der Waals surface area contributed by atoms with Gasteiger partial charge in [-0.1, -0.05) is 67.1 Å². The molecule has 2 atom stereocenters. The molecule has 2 unspecified atom stereocenters. The fourth-order valence-electron chi connectivity index (χ4n) is 3.44. The second kappa shape index (κ2) is 9.36. The maximum absolute atomic E-state index is 11.7. The van der Waals surface area contributed by atoms with Crippen LogP contribution in [0, 0.1) is 5.92 Å². The molecule has 0 amide bonds. The first-order valence-electron chi connectivity index (χ1n) is 9.16. The topological polar surface area (TPSA) is 23.5 Å². The lowest BCUT2D eigenvalue weighted by atomic mass is 9.77. The lowest BCUT2D eigenvalue weighted by Crippen LogP contribution is -2.43. The summed E-state index contributed by atoms with van der Waals surface area (Å²) in [5.41, 5.74) is 2.44. The third-order valence-electron chi connectivity index (χ3n) is 5.03. The maximum Gasteiger partial charge on any atom is 0.0898 e. The molecule has 0 aromatic heterocycles. The quantitative estimate of drug-likeness (QED) is 0.680. The van der Waals surface area contributed by atoms with Crippen LogP contribution < -0.4 is 0 Å². The number of hydrogen-bond acceptors (Lipinski definition) is 2. The molecular formula is C23H30ClNO. The van der Waals surface area contributed by atoms with Crippen molar-refractivity contribution in [3.63, 3.8) is 0 Å². The van der Waals surface area contributed by atoms with Crippen molar-refractivity contribution in [1.29, 1.82) is 0 Å². The third kappa shape index (κ3) is 5.70. The van der Waals surface area contributed by atoms with Crippen molar-refractivity contribution in [3.05, 3.63) is 76.3 Å². The molecule has 0 saturated carbocycles. The number of nitrogens with zero attached hydrogens (tertiary/aromatic N) is 1. The molecule has 0 aliphatic carbocycles. The molecule has 0 aliphatic rings. The Morgan fingerprint density at radius 1 is 1.12 bits per heavy atom. The number of aryl methyl sites for hydroxylation is 1. The van der Waals surface area contributed by atoms with E-state index in [9.17, 15) is 5.11 Å². The van der Waals surface area contributed by atoms with E-state index < -0.39 is 5.60 Å². The molecule has 0 fully saturated rings. The van der Waals surface area contributed by atoms with Gasteiger partial charge in [-0.25, -0.2) is 0 Å². The van der Waals surface area contributed by atoms with Gasteiger partial charge in [0.15, 0.2) is 0 Å². The SMILES string of the molecule is CC(=Cc1ccc(Cl)cc1)C(O)(CCc1ccccc1)C(C)CN(C)C. The number of aliphatic hydroxyl groups is 1. The fraction of sp³-hybridized carbons (Fsp3) is 0.391. The van der Waals surface area contributed by atoms with E-state index in [1.165, 1.54) is 5.56 Å². The van der Waals surface area contributed by atoms with Gasteiger partial charge in [-0.15, -0.1) is 0 Å². The second-order valence-electron chi connectivity index (χ2n) is 7.45. The van der Waals surface area contributed by atoms with Crippen molar-refractivity contribution in [2.45, 2.75) is 32.3 Å². The zero-order chi connectivity index (χ0) is 19.2. The van der Waals surface area contributed by atoms with Gasteiger partial charge in [0, 0.05) is 17.5 Å². The van der Waals surface area contributed by atoms with Crippen molar-refractivity contribution in [2.24, 2.45) is 5.92 Å². The Bertz CT molecular complexity index is 709. The second-order valence-corrected chi connectivity index (χ2v) is 7.89. The van der Waals surface area contributed by atoms with Crippen LogP contribution in [0.1, 0.15) is 31.4 Å². The van der Waals surface area contributed by atoms with Gasteiger partial charge in [0.1, 0.15) is 0 Å². The van der Waals surface area contributed by atoms with Gasteiger partial charge >= 0.3 is 0 Å². The smallest absolute Gasteiger partial charge is 0.0898 e. The summed E-state index contributed by atoms with van der Waals surface area (Å²) in [5, 5.41) is 12.4. The molecule has 3 heteroatoms. The molecule has 0 saturated heterocycles. The fourth-order valence-corrected chi connectivity index (χ4v) is 3.57. The van der Waals surface area contributed by atoms with Crippen molar-refractivity contribution >= 4 is 17.7 Å². The van der Waals surface area contributed by atoms with Crippen molar-refractivity contribution in [2.75, 3.05) is 20.6 Å². The summed E-state index contributed by atoms with van der Waals surface area (Å²) in [6.07, 6.45) is 3.62. The van der Waals surface area contributed by atoms with Crippen LogP contribution in [0.2, 0.25) is 5.02 Å². The molecule has 0 heterocycles. The standard InChI is InChI=1S/C23H30ClNO/c1-18(16-21-10-12-22(24)13-11-21)23(26,19(2)17-25(3)4)15-14-20-8-6-5-7-9-20/h5-13,16,19,26H,14-15,17H2,1-4H3. The van der Waals surface area contributed by atoms with Crippen LogP contribution in [0.3, 0.4) is 0 Å². The monoisotopic (exact) mass is 371 g/mol. The first kappa shape index (κ1) is 20.7. The van der Waals surface area contributed by atoms with Crippen molar-refractivity contribution in [1.82, 2.24) is 4.90 Å². The maximum atomic E-state index is 11.7. The summed E-state index contributed by atoms with van der Waals surface area (Å²) in [5.74, 6) is 0.116. The lowest BCUT2D eigenvalue weighted by molar-refractivity contribution is 0.00732. The average molecular weight is 372 g/mol. The van der Waals surface area contributed by atoms with Crippen LogP contribution in [0.5, 0.6) is 0 Å². The zero-order valence-electron chi connectivity index (χ0n) is 16.2. The van der Waals surface area contributed by atoms with Crippen molar-refractivity contribution < 1.29 is 5.11 Å². The highest BCUT2D eigenvalue weighted by molar-refractivity contribution is 6.30. The highest BCUT2D eigenvalue weighted by atomic mass is 35.5. The van der Waals surface area contributed by atoms with Crippen LogP contribution in [0.4, 0.5) is 0 Å². The molecule has 140 valence electrons. The summed E-state index contributed by atoms with van der Waals surface area (Å²) < 4.78 is 0. The Balaban J connectivity index is 2.27. The molecule has 2 rings (SSSR count). The largest absolute Gasteiger partial charge is 0.385 e. The highest BCUT2D eigenvalue weighted by Gasteiger charge is 2.35. The molecule has 0 spiro atoms. The molecule has 1 N–H and O–H groups in total. The Labute approximate surface area is 163 Å². The van der Waals surface area contributed by atoms with E-state index in [0.717, 1.165) is 29.1 Å². The van der Waals surface area contributed by atoms with E-state index in [1.54, 1.807) is 0 Å². The van der Waals surface area contributed by atoms with E-state index in [2.05, 4.69) is 30.0 Å². The lowest BCUT2D eigenvalue weighted by Gasteiger charge is -2.37. The average Bonchev–Trinajstić information content (AvgIpc) is 2.61. The third-order valence-corrected chi connectivity index (χ3v) is 5.28. The first-order valence-corrected chi connectivity index (χ1v) is 9.54. The molecule has 0 bridgehead atoms. The molecule has 2 aromatic carbocycles. The van der Waals surface area contributed by atoms with Crippen LogP contribution in [-0.2, 0) is 6.42 Å². The van der Waals surface area contributed by atoms with Gasteiger partial charge in [0.25, 0.3) is 0 Å². The summed E-state index contributed by atoms with van der Waals surface area (Å²) >= 11 is 5.99. The van der Waals surface area contributed by atoms with E-state index in [0.29, 0.717) is 6.42 Å². The van der Waals surface area contributed by atoms with Gasteiger partial charge in [0.2, 0.25) is 0 Å². The number of halogens is 1. The van der Waals surface area contributed by atoms with E-state index in [4.69, 9.17) is 11.6 Å². The predicted molar refractivity (Wildman–Crippen MR) is 113 cm³/mol. The summed E-state index contributed by atoms with van der Waals surface area (Å²) in [6, 6.07) is 18.1. The molecule has 2 nitrogen and oxygen atoms in total. The zero-order valence-corrected chi connectivity index (χ0v) is 17.0. The van der Waals surface area contributed by atoms with Gasteiger partial charge in [-0.3, -0.25) is 0 Å². The number of benzene rings is 2. The Morgan fingerprint density at radius 2 is 1.73 bits per heavy atom. The number of hydrogen-bond donors (Lipinski definition) is 1. The van der Waals surface area contributed by atoms with Gasteiger partial charge in [-0.2, -0.15) is 0 Å².